The van der Waals surface area contributed by atoms with Gasteiger partial charge in [-0.1, -0.05) is 23.7 Å². The van der Waals surface area contributed by atoms with Crippen molar-refractivity contribution in [2.75, 3.05) is 19.6 Å². The molecule has 0 aliphatic rings. The average molecular weight is 495 g/mol. The van der Waals surface area contributed by atoms with Crippen LogP contribution in [0.2, 0.25) is 5.15 Å². The van der Waals surface area contributed by atoms with E-state index in [2.05, 4.69) is 20.6 Å². The summed E-state index contributed by atoms with van der Waals surface area (Å²) in [4.78, 5) is 8.39. The van der Waals surface area contributed by atoms with Gasteiger partial charge in [0.2, 0.25) is 0 Å². The zero-order valence-electron chi connectivity index (χ0n) is 14.4. The van der Waals surface area contributed by atoms with Crippen LogP contribution in [0.1, 0.15) is 18.1 Å². The van der Waals surface area contributed by atoms with Crippen LogP contribution in [0.3, 0.4) is 0 Å². The number of hydrogen-bond donors (Lipinski definition) is 2. The summed E-state index contributed by atoms with van der Waals surface area (Å²) in [7, 11) is 0. The molecule has 0 amide bonds. The number of guanidine groups is 1. The highest BCUT2D eigenvalue weighted by atomic mass is 127. The normalized spacial score (nSPS) is 11.0. The van der Waals surface area contributed by atoms with Crippen molar-refractivity contribution in [1.29, 1.82) is 0 Å². The third-order valence-corrected chi connectivity index (χ3v) is 3.76. The van der Waals surface area contributed by atoms with Gasteiger partial charge in [-0.15, -0.1) is 24.0 Å². The molecule has 0 saturated heterocycles. The van der Waals surface area contributed by atoms with E-state index in [0.717, 1.165) is 12.0 Å². The monoisotopic (exact) mass is 494 g/mol. The minimum Gasteiger partial charge on any atom is -0.357 e. The van der Waals surface area contributed by atoms with Gasteiger partial charge in [-0.2, -0.15) is 0 Å². The molecule has 0 bridgehead atoms. The Bertz CT molecular complexity index is 691. The van der Waals surface area contributed by atoms with Gasteiger partial charge in [0, 0.05) is 31.4 Å². The highest BCUT2D eigenvalue weighted by Crippen LogP contribution is 2.12. The maximum Gasteiger partial charge on any atom is 0.191 e. The summed E-state index contributed by atoms with van der Waals surface area (Å²) in [6.07, 6.45) is 2.70. The molecule has 1 aromatic heterocycles. The smallest absolute Gasteiger partial charge is 0.191 e. The molecule has 1 heterocycles. The summed E-state index contributed by atoms with van der Waals surface area (Å²) in [5.41, 5.74) is 1.12. The largest absolute Gasteiger partial charge is 0.357 e. The van der Waals surface area contributed by atoms with Crippen molar-refractivity contribution in [3.8, 4) is 0 Å². The molecule has 0 aliphatic heterocycles. The van der Waals surface area contributed by atoms with Gasteiger partial charge in [0.25, 0.3) is 0 Å². The Morgan fingerprint density at radius 1 is 1.12 bits per heavy atom. The van der Waals surface area contributed by atoms with Crippen LogP contribution >= 0.6 is 35.6 Å². The van der Waals surface area contributed by atoms with Gasteiger partial charge in [0.15, 0.2) is 5.96 Å². The third-order valence-electron chi connectivity index (χ3n) is 3.53. The summed E-state index contributed by atoms with van der Waals surface area (Å²) in [5, 5.41) is 6.76. The van der Waals surface area contributed by atoms with E-state index in [1.54, 1.807) is 12.3 Å². The summed E-state index contributed by atoms with van der Waals surface area (Å²) < 4.78 is 27.2. The molecule has 0 atom stereocenters. The van der Waals surface area contributed by atoms with Gasteiger partial charge in [0.05, 0.1) is 0 Å². The first-order valence-corrected chi connectivity index (χ1v) is 8.53. The molecule has 8 heteroatoms. The summed E-state index contributed by atoms with van der Waals surface area (Å²) in [5.74, 6) is -0.465. The van der Waals surface area contributed by atoms with Crippen molar-refractivity contribution >= 4 is 41.5 Å². The Kier molecular flexibility index (Phi) is 10.4. The van der Waals surface area contributed by atoms with Crippen LogP contribution in [0.15, 0.2) is 41.5 Å². The fraction of sp³-hybridized carbons (Fsp3) is 0.333. The van der Waals surface area contributed by atoms with Gasteiger partial charge >= 0.3 is 0 Å². The second-order valence-corrected chi connectivity index (χ2v) is 5.76. The first-order chi connectivity index (χ1) is 12.1. The van der Waals surface area contributed by atoms with E-state index in [9.17, 15) is 8.78 Å². The molecule has 0 fully saturated rings. The number of aromatic nitrogens is 1. The maximum absolute atomic E-state index is 13.6. The van der Waals surface area contributed by atoms with E-state index in [1.807, 2.05) is 13.0 Å². The molecule has 0 spiro atoms. The number of pyridine rings is 1. The molecular formula is C18H22ClF2IN4. The Labute approximate surface area is 174 Å². The second kappa shape index (κ2) is 12.0. The maximum atomic E-state index is 13.6. The van der Waals surface area contributed by atoms with E-state index in [1.165, 1.54) is 18.2 Å². The molecule has 0 unspecified atom stereocenters. The molecule has 2 rings (SSSR count). The minimum absolute atomic E-state index is 0. The number of benzene rings is 1. The van der Waals surface area contributed by atoms with Gasteiger partial charge in [-0.25, -0.2) is 13.8 Å². The van der Waals surface area contributed by atoms with E-state index in [4.69, 9.17) is 11.6 Å². The van der Waals surface area contributed by atoms with E-state index in [-0.39, 0.29) is 42.5 Å². The molecule has 0 radical (unpaired) electrons. The molecule has 0 aliphatic carbocycles. The molecule has 142 valence electrons. The van der Waals surface area contributed by atoms with Crippen LogP contribution in [0.4, 0.5) is 8.78 Å². The van der Waals surface area contributed by atoms with Crippen molar-refractivity contribution in [1.82, 2.24) is 15.6 Å². The zero-order valence-corrected chi connectivity index (χ0v) is 17.5. The molecule has 4 nitrogen and oxygen atoms in total. The Morgan fingerprint density at radius 2 is 1.85 bits per heavy atom. The summed E-state index contributed by atoms with van der Waals surface area (Å²) in [6.45, 7) is 3.60. The molecule has 2 N–H and O–H groups in total. The number of nitrogens with one attached hydrogen (secondary N) is 2. The highest BCUT2D eigenvalue weighted by molar-refractivity contribution is 14.0. The van der Waals surface area contributed by atoms with Crippen LogP contribution in [0.25, 0.3) is 0 Å². The molecular weight excluding hydrogens is 473 g/mol. The Morgan fingerprint density at radius 3 is 2.46 bits per heavy atom. The zero-order chi connectivity index (χ0) is 18.1. The van der Waals surface area contributed by atoms with Crippen molar-refractivity contribution in [3.63, 3.8) is 0 Å². The van der Waals surface area contributed by atoms with Gasteiger partial charge in [-0.05, 0) is 43.5 Å². The average Bonchev–Trinajstić information content (AvgIpc) is 2.59. The highest BCUT2D eigenvalue weighted by Gasteiger charge is 2.07. The number of nitrogens with zero attached hydrogens (tertiary/aromatic N) is 2. The summed E-state index contributed by atoms with van der Waals surface area (Å²) >= 11 is 5.76. The number of halogens is 4. The Balaban J connectivity index is 0.00000338. The van der Waals surface area contributed by atoms with Crippen molar-refractivity contribution in [3.05, 3.63) is 64.4 Å². The first-order valence-electron chi connectivity index (χ1n) is 8.15. The molecule has 0 saturated carbocycles. The topological polar surface area (TPSA) is 49.3 Å². The van der Waals surface area contributed by atoms with Crippen molar-refractivity contribution in [2.45, 2.75) is 19.8 Å². The van der Waals surface area contributed by atoms with Crippen LogP contribution in [0, 0.1) is 11.6 Å². The minimum atomic E-state index is -0.539. The predicted molar refractivity (Wildman–Crippen MR) is 112 cm³/mol. The molecule has 2 aromatic rings. The molecule has 26 heavy (non-hydrogen) atoms. The number of rotatable bonds is 7. The molecule has 1 aromatic carbocycles. The van der Waals surface area contributed by atoms with Crippen LogP contribution in [-0.2, 0) is 12.8 Å². The van der Waals surface area contributed by atoms with E-state index in [0.29, 0.717) is 24.2 Å². The lowest BCUT2D eigenvalue weighted by molar-refractivity contribution is 0.555. The van der Waals surface area contributed by atoms with Gasteiger partial charge < -0.3 is 10.6 Å². The van der Waals surface area contributed by atoms with Gasteiger partial charge in [0.1, 0.15) is 16.8 Å². The number of aliphatic imine (C=N–C) groups is 1. The van der Waals surface area contributed by atoms with Crippen molar-refractivity contribution < 1.29 is 8.78 Å². The van der Waals surface area contributed by atoms with E-state index < -0.39 is 11.6 Å². The van der Waals surface area contributed by atoms with Crippen molar-refractivity contribution in [2.24, 2.45) is 4.99 Å². The lowest BCUT2D eigenvalue weighted by Gasteiger charge is -2.11. The number of hydrogen-bond acceptors (Lipinski definition) is 2. The standard InChI is InChI=1S/C18H21ClF2N4.HI/c1-2-22-18(23-10-8-13-6-7-17(19)25-12-13)24-11-9-14-15(20)4-3-5-16(14)21;/h3-7,12H,2,8-11H2,1H3,(H2,22,23,24);1H. The first kappa shape index (κ1) is 22.6. The summed E-state index contributed by atoms with van der Waals surface area (Å²) in [6, 6.07) is 7.54. The lowest BCUT2D eigenvalue weighted by atomic mass is 10.1. The Hall–Kier alpha value is -1.48. The lowest BCUT2D eigenvalue weighted by Crippen LogP contribution is -2.38. The fourth-order valence-corrected chi connectivity index (χ4v) is 2.38. The van der Waals surface area contributed by atoms with Crippen LogP contribution < -0.4 is 10.6 Å². The van der Waals surface area contributed by atoms with Crippen LogP contribution in [-0.4, -0.2) is 30.6 Å². The predicted octanol–water partition coefficient (Wildman–Crippen LogP) is 3.97. The van der Waals surface area contributed by atoms with E-state index >= 15 is 0 Å². The fourth-order valence-electron chi connectivity index (χ4n) is 2.27. The third kappa shape index (κ3) is 7.41. The second-order valence-electron chi connectivity index (χ2n) is 5.38. The SMILES string of the molecule is CCNC(=NCCc1c(F)cccc1F)NCCc1ccc(Cl)nc1.I. The van der Waals surface area contributed by atoms with Crippen LogP contribution in [0.5, 0.6) is 0 Å². The van der Waals surface area contributed by atoms with Gasteiger partial charge in [-0.3, -0.25) is 4.99 Å². The quantitative estimate of drug-likeness (QED) is 0.265.